The maximum absolute atomic E-state index is 13.1. The number of rotatable bonds is 6. The van der Waals surface area contributed by atoms with Crippen molar-refractivity contribution in [2.45, 2.75) is 25.5 Å². The van der Waals surface area contributed by atoms with Crippen molar-refractivity contribution in [1.29, 1.82) is 0 Å². The molecule has 0 radical (unpaired) electrons. The summed E-state index contributed by atoms with van der Waals surface area (Å²) in [6.45, 7) is 0.237. The molecule has 0 aromatic heterocycles. The molecule has 2 aromatic carbocycles. The van der Waals surface area contributed by atoms with Crippen LogP contribution in [0.4, 0.5) is 10.1 Å². The standard InChI is InChI=1S/C19H19FN2O2/c20-15-3-1-2-14(10-15)12-24-18-8-4-13(11-17(18)21)5-9-19(23)22-16-6-7-16/h1-5,8-11,16H,6-7,12,21H2,(H,22,23)/b9-5-. The lowest BCUT2D eigenvalue weighted by atomic mass is 10.1. The summed E-state index contributed by atoms with van der Waals surface area (Å²) < 4.78 is 18.8. The van der Waals surface area contributed by atoms with Crippen LogP contribution < -0.4 is 15.8 Å². The van der Waals surface area contributed by atoms with Crippen molar-refractivity contribution in [2.75, 3.05) is 5.73 Å². The second kappa shape index (κ2) is 7.17. The molecule has 0 heterocycles. The van der Waals surface area contributed by atoms with Crippen LogP contribution in [0.5, 0.6) is 5.75 Å². The summed E-state index contributed by atoms with van der Waals surface area (Å²) in [4.78, 5) is 11.6. The van der Waals surface area contributed by atoms with Crippen LogP contribution in [0.15, 0.2) is 48.5 Å². The van der Waals surface area contributed by atoms with Crippen molar-refractivity contribution in [3.05, 3.63) is 65.5 Å². The van der Waals surface area contributed by atoms with Gasteiger partial charge >= 0.3 is 0 Å². The van der Waals surface area contributed by atoms with E-state index in [1.165, 1.54) is 18.2 Å². The number of carbonyl (C=O) groups is 1. The zero-order chi connectivity index (χ0) is 16.9. The number of benzene rings is 2. The highest BCUT2D eigenvalue weighted by Crippen LogP contribution is 2.24. The molecule has 1 saturated carbocycles. The summed E-state index contributed by atoms with van der Waals surface area (Å²) >= 11 is 0. The molecule has 1 aliphatic rings. The van der Waals surface area contributed by atoms with E-state index in [1.807, 2.05) is 6.07 Å². The van der Waals surface area contributed by atoms with Gasteiger partial charge in [0, 0.05) is 12.1 Å². The number of nitrogens with one attached hydrogen (secondary N) is 1. The maximum atomic E-state index is 13.1. The highest BCUT2D eigenvalue weighted by Gasteiger charge is 2.21. The van der Waals surface area contributed by atoms with Gasteiger partial charge in [0.25, 0.3) is 0 Å². The number of ether oxygens (including phenoxy) is 1. The largest absolute Gasteiger partial charge is 0.487 e. The summed E-state index contributed by atoms with van der Waals surface area (Å²) in [5, 5.41) is 2.88. The third-order valence-corrected chi connectivity index (χ3v) is 3.67. The number of amides is 1. The van der Waals surface area contributed by atoms with Gasteiger partial charge in [-0.3, -0.25) is 4.79 Å². The highest BCUT2D eigenvalue weighted by molar-refractivity contribution is 5.92. The Hall–Kier alpha value is -2.82. The van der Waals surface area contributed by atoms with Gasteiger partial charge in [-0.1, -0.05) is 18.2 Å². The van der Waals surface area contributed by atoms with Crippen LogP contribution in [0.25, 0.3) is 6.08 Å². The number of nitrogen functional groups attached to an aromatic ring is 1. The lowest BCUT2D eigenvalue weighted by Gasteiger charge is -2.09. The van der Waals surface area contributed by atoms with Crippen molar-refractivity contribution in [3.8, 4) is 5.75 Å². The van der Waals surface area contributed by atoms with Gasteiger partial charge in [-0.2, -0.15) is 0 Å². The molecule has 0 atom stereocenters. The van der Waals surface area contributed by atoms with Gasteiger partial charge < -0.3 is 15.8 Å². The van der Waals surface area contributed by atoms with E-state index in [-0.39, 0.29) is 18.3 Å². The van der Waals surface area contributed by atoms with Gasteiger partial charge in [0.05, 0.1) is 5.69 Å². The van der Waals surface area contributed by atoms with Crippen LogP contribution >= 0.6 is 0 Å². The van der Waals surface area contributed by atoms with Crippen molar-refractivity contribution < 1.29 is 13.9 Å². The first-order chi connectivity index (χ1) is 11.6. The Balaban J connectivity index is 1.59. The second-order valence-electron chi connectivity index (χ2n) is 5.83. The molecule has 0 spiro atoms. The zero-order valence-electron chi connectivity index (χ0n) is 13.2. The van der Waals surface area contributed by atoms with Gasteiger partial charge in [-0.15, -0.1) is 0 Å². The average molecular weight is 326 g/mol. The molecular weight excluding hydrogens is 307 g/mol. The Morgan fingerprint density at radius 2 is 2.12 bits per heavy atom. The van der Waals surface area contributed by atoms with E-state index in [0.717, 1.165) is 24.0 Å². The lowest BCUT2D eigenvalue weighted by Crippen LogP contribution is -2.22. The van der Waals surface area contributed by atoms with Crippen molar-refractivity contribution in [1.82, 2.24) is 5.32 Å². The molecule has 0 bridgehead atoms. The summed E-state index contributed by atoms with van der Waals surface area (Å²) in [6.07, 6.45) is 5.33. The Kier molecular flexibility index (Phi) is 4.79. The van der Waals surface area contributed by atoms with E-state index >= 15 is 0 Å². The molecule has 2 aromatic rings. The minimum Gasteiger partial charge on any atom is -0.487 e. The SMILES string of the molecule is Nc1cc(/C=C\C(=O)NC2CC2)ccc1OCc1cccc(F)c1. The summed E-state index contributed by atoms with van der Waals surface area (Å²) in [7, 11) is 0. The van der Waals surface area contributed by atoms with Gasteiger partial charge in [-0.05, 0) is 54.3 Å². The molecule has 1 fully saturated rings. The van der Waals surface area contributed by atoms with Gasteiger partial charge in [0.15, 0.2) is 0 Å². The maximum Gasteiger partial charge on any atom is 0.244 e. The number of hydrogen-bond donors (Lipinski definition) is 2. The Bertz CT molecular complexity index is 770. The Morgan fingerprint density at radius 3 is 2.83 bits per heavy atom. The summed E-state index contributed by atoms with van der Waals surface area (Å²) in [5.41, 5.74) is 8.00. The molecule has 4 nitrogen and oxygen atoms in total. The fourth-order valence-electron chi connectivity index (χ4n) is 2.24. The third-order valence-electron chi connectivity index (χ3n) is 3.67. The third kappa shape index (κ3) is 4.59. The number of anilines is 1. The van der Waals surface area contributed by atoms with E-state index in [1.54, 1.807) is 30.3 Å². The van der Waals surface area contributed by atoms with E-state index in [9.17, 15) is 9.18 Å². The smallest absolute Gasteiger partial charge is 0.244 e. The van der Waals surface area contributed by atoms with Gasteiger partial charge in [0.2, 0.25) is 5.91 Å². The molecule has 124 valence electrons. The van der Waals surface area contributed by atoms with Crippen LogP contribution in [-0.2, 0) is 11.4 Å². The Labute approximate surface area is 140 Å². The highest BCUT2D eigenvalue weighted by atomic mass is 19.1. The molecule has 5 heteroatoms. The molecule has 0 aliphatic heterocycles. The first-order valence-corrected chi connectivity index (χ1v) is 7.85. The van der Waals surface area contributed by atoms with Crippen molar-refractivity contribution >= 4 is 17.7 Å². The molecule has 3 rings (SSSR count). The molecular formula is C19H19FN2O2. The first kappa shape index (κ1) is 16.1. The van der Waals surface area contributed by atoms with E-state index in [4.69, 9.17) is 10.5 Å². The first-order valence-electron chi connectivity index (χ1n) is 7.85. The fraction of sp³-hybridized carbons (Fsp3) is 0.211. The minimum absolute atomic E-state index is 0.0949. The van der Waals surface area contributed by atoms with Crippen molar-refractivity contribution in [3.63, 3.8) is 0 Å². The van der Waals surface area contributed by atoms with Gasteiger partial charge in [0.1, 0.15) is 18.2 Å². The molecule has 3 N–H and O–H groups in total. The molecule has 0 saturated heterocycles. The van der Waals surface area contributed by atoms with Crippen LogP contribution in [0.2, 0.25) is 0 Å². The number of carbonyl (C=O) groups excluding carboxylic acids is 1. The summed E-state index contributed by atoms with van der Waals surface area (Å²) in [6, 6.07) is 11.9. The van der Waals surface area contributed by atoms with Gasteiger partial charge in [-0.25, -0.2) is 4.39 Å². The fourth-order valence-corrected chi connectivity index (χ4v) is 2.24. The predicted molar refractivity (Wildman–Crippen MR) is 91.8 cm³/mol. The monoisotopic (exact) mass is 326 g/mol. The van der Waals surface area contributed by atoms with E-state index in [0.29, 0.717) is 17.5 Å². The molecule has 1 amide bonds. The predicted octanol–water partition coefficient (Wildman–Crippen LogP) is 3.28. The minimum atomic E-state index is -0.297. The molecule has 1 aliphatic carbocycles. The number of halogens is 1. The normalized spacial score (nSPS) is 13.9. The Morgan fingerprint density at radius 1 is 1.29 bits per heavy atom. The topological polar surface area (TPSA) is 64.4 Å². The summed E-state index contributed by atoms with van der Waals surface area (Å²) in [5.74, 6) is 0.135. The van der Waals surface area contributed by atoms with E-state index < -0.39 is 0 Å². The van der Waals surface area contributed by atoms with E-state index in [2.05, 4.69) is 5.32 Å². The van der Waals surface area contributed by atoms with Crippen LogP contribution in [-0.4, -0.2) is 11.9 Å². The quantitative estimate of drug-likeness (QED) is 0.632. The van der Waals surface area contributed by atoms with Crippen LogP contribution in [0, 0.1) is 5.82 Å². The van der Waals surface area contributed by atoms with Crippen LogP contribution in [0.1, 0.15) is 24.0 Å². The van der Waals surface area contributed by atoms with Crippen LogP contribution in [0.3, 0.4) is 0 Å². The van der Waals surface area contributed by atoms with Crippen molar-refractivity contribution in [2.24, 2.45) is 0 Å². The average Bonchev–Trinajstić information content (AvgIpc) is 3.36. The number of nitrogens with two attached hydrogens (primary N) is 1. The molecule has 0 unspecified atom stereocenters. The zero-order valence-corrected chi connectivity index (χ0v) is 13.2. The molecule has 24 heavy (non-hydrogen) atoms. The second-order valence-corrected chi connectivity index (χ2v) is 5.83. The lowest BCUT2D eigenvalue weighted by molar-refractivity contribution is -0.116. The number of hydrogen-bond acceptors (Lipinski definition) is 3.